The van der Waals surface area contributed by atoms with Crippen molar-refractivity contribution >= 4 is 50.1 Å². The smallest absolute Gasteiger partial charge is 0.252 e. The van der Waals surface area contributed by atoms with E-state index in [9.17, 15) is 13.2 Å². The van der Waals surface area contributed by atoms with E-state index in [-0.39, 0.29) is 10.8 Å². The van der Waals surface area contributed by atoms with Crippen LogP contribution in [0.15, 0.2) is 47.4 Å². The molecular weight excluding hydrogens is 451 g/mol. The zero-order valence-electron chi connectivity index (χ0n) is 11.9. The van der Waals surface area contributed by atoms with E-state index in [4.69, 9.17) is 16.7 Å². The fraction of sp³-hybridized carbons (Fsp3) is 0.133. The molecule has 0 atom stereocenters. The maximum Gasteiger partial charge on any atom is 0.252 e. The van der Waals surface area contributed by atoms with Crippen LogP contribution in [0.25, 0.3) is 0 Å². The summed E-state index contributed by atoms with van der Waals surface area (Å²) in [5, 5.41) is 8.45. The molecule has 0 heterocycles. The first-order valence-electron chi connectivity index (χ1n) is 6.62. The van der Waals surface area contributed by atoms with Gasteiger partial charge in [-0.3, -0.25) is 4.79 Å². The first-order valence-corrected chi connectivity index (χ1v) is 9.62. The lowest BCUT2D eigenvalue weighted by Gasteiger charge is -2.08. The van der Waals surface area contributed by atoms with Crippen molar-refractivity contribution in [3.8, 4) is 0 Å². The predicted molar refractivity (Wildman–Crippen MR) is 98.0 cm³/mol. The highest BCUT2D eigenvalue weighted by Gasteiger charge is 2.10. The Labute approximate surface area is 153 Å². The molecule has 0 spiro atoms. The molecule has 8 heteroatoms. The highest BCUT2D eigenvalue weighted by atomic mass is 127. The first kappa shape index (κ1) is 18.2. The van der Waals surface area contributed by atoms with Gasteiger partial charge in [-0.1, -0.05) is 23.7 Å². The van der Waals surface area contributed by atoms with Gasteiger partial charge in [-0.2, -0.15) is 0 Å². The van der Waals surface area contributed by atoms with Crippen LogP contribution in [0, 0.1) is 3.57 Å². The standard InChI is InChI=1S/C15H14ClIN2O3S/c16-11-3-6-13(14(17)9-11)15(20)19-8-7-10-1-4-12(5-2-10)23(18,21)22/h1-6,9H,7-8H2,(H,19,20)(H2,18,21,22). The predicted octanol–water partition coefficient (Wildman–Crippen LogP) is 2.56. The number of nitrogens with two attached hydrogens (primary N) is 1. The van der Waals surface area contributed by atoms with E-state index in [0.717, 1.165) is 9.13 Å². The second-order valence-corrected chi connectivity index (χ2v) is 7.98. The number of rotatable bonds is 5. The van der Waals surface area contributed by atoms with Crippen LogP contribution in [-0.2, 0) is 16.4 Å². The SMILES string of the molecule is NS(=O)(=O)c1ccc(CCNC(=O)c2ccc(Cl)cc2I)cc1. The summed E-state index contributed by atoms with van der Waals surface area (Å²) in [5.41, 5.74) is 1.48. The van der Waals surface area contributed by atoms with Crippen molar-refractivity contribution in [1.29, 1.82) is 0 Å². The van der Waals surface area contributed by atoms with Crippen LogP contribution in [0.5, 0.6) is 0 Å². The Morgan fingerprint density at radius 3 is 2.39 bits per heavy atom. The fourth-order valence-corrected chi connectivity index (χ4v) is 3.57. The number of amides is 1. The highest BCUT2D eigenvalue weighted by Crippen LogP contribution is 2.18. The van der Waals surface area contributed by atoms with Crippen LogP contribution in [0.3, 0.4) is 0 Å². The van der Waals surface area contributed by atoms with Crippen LogP contribution in [0.1, 0.15) is 15.9 Å². The van der Waals surface area contributed by atoms with Gasteiger partial charge in [0.25, 0.3) is 5.91 Å². The number of hydrogen-bond donors (Lipinski definition) is 2. The van der Waals surface area contributed by atoms with Crippen LogP contribution in [0.2, 0.25) is 5.02 Å². The van der Waals surface area contributed by atoms with Gasteiger partial charge >= 0.3 is 0 Å². The Kier molecular flexibility index (Phi) is 6.01. The molecule has 0 unspecified atom stereocenters. The van der Waals surface area contributed by atoms with Crippen molar-refractivity contribution in [1.82, 2.24) is 5.32 Å². The summed E-state index contributed by atoms with van der Waals surface area (Å²) in [6.45, 7) is 0.437. The van der Waals surface area contributed by atoms with E-state index in [1.54, 1.807) is 30.3 Å². The molecule has 0 aromatic heterocycles. The lowest BCUT2D eigenvalue weighted by molar-refractivity contribution is 0.0953. The summed E-state index contributed by atoms with van der Waals surface area (Å²) in [4.78, 5) is 12.2. The molecule has 0 bridgehead atoms. The molecule has 1 amide bonds. The number of carbonyl (C=O) groups excluding carboxylic acids is 1. The van der Waals surface area contributed by atoms with Gasteiger partial charge in [0.15, 0.2) is 0 Å². The molecule has 0 aliphatic rings. The second kappa shape index (κ2) is 7.61. The lowest BCUT2D eigenvalue weighted by Crippen LogP contribution is -2.26. The quantitative estimate of drug-likeness (QED) is 0.667. The number of benzene rings is 2. The average Bonchev–Trinajstić information content (AvgIpc) is 2.46. The topological polar surface area (TPSA) is 89.3 Å². The Bertz CT molecular complexity index is 823. The number of halogens is 2. The summed E-state index contributed by atoms with van der Waals surface area (Å²) < 4.78 is 23.1. The molecule has 0 aliphatic carbocycles. The van der Waals surface area contributed by atoms with Crippen molar-refractivity contribution in [3.63, 3.8) is 0 Å². The van der Waals surface area contributed by atoms with Crippen molar-refractivity contribution in [3.05, 3.63) is 62.2 Å². The van der Waals surface area contributed by atoms with Gasteiger partial charge in [0, 0.05) is 15.1 Å². The molecule has 5 nitrogen and oxygen atoms in total. The minimum Gasteiger partial charge on any atom is -0.352 e. The van der Waals surface area contributed by atoms with Gasteiger partial charge in [0.2, 0.25) is 10.0 Å². The van der Waals surface area contributed by atoms with Crippen LogP contribution in [-0.4, -0.2) is 20.9 Å². The van der Waals surface area contributed by atoms with E-state index < -0.39 is 10.0 Å². The van der Waals surface area contributed by atoms with E-state index in [1.807, 2.05) is 0 Å². The summed E-state index contributed by atoms with van der Waals surface area (Å²) in [6, 6.07) is 11.3. The normalized spacial score (nSPS) is 11.3. The van der Waals surface area contributed by atoms with Crippen LogP contribution < -0.4 is 10.5 Å². The largest absolute Gasteiger partial charge is 0.352 e. The van der Waals surface area contributed by atoms with Crippen molar-refractivity contribution in [2.45, 2.75) is 11.3 Å². The minimum absolute atomic E-state index is 0.0704. The summed E-state index contributed by atoms with van der Waals surface area (Å²) in [6.07, 6.45) is 0.584. The third-order valence-electron chi connectivity index (χ3n) is 3.13. The molecule has 0 saturated carbocycles. The summed E-state index contributed by atoms with van der Waals surface area (Å²) in [5.74, 6) is -0.174. The number of sulfonamides is 1. The number of primary sulfonamides is 1. The van der Waals surface area contributed by atoms with Crippen molar-refractivity contribution in [2.24, 2.45) is 5.14 Å². The summed E-state index contributed by atoms with van der Waals surface area (Å²) >= 11 is 7.92. The van der Waals surface area contributed by atoms with Gasteiger partial charge in [0.1, 0.15) is 0 Å². The maximum absolute atomic E-state index is 12.1. The third-order valence-corrected chi connectivity index (χ3v) is 5.18. The van der Waals surface area contributed by atoms with Crippen LogP contribution >= 0.6 is 34.2 Å². The molecule has 0 saturated heterocycles. The molecule has 3 N–H and O–H groups in total. The Morgan fingerprint density at radius 1 is 1.17 bits per heavy atom. The van der Waals surface area contributed by atoms with E-state index in [0.29, 0.717) is 23.6 Å². The molecule has 2 aromatic rings. The molecule has 122 valence electrons. The number of hydrogen-bond acceptors (Lipinski definition) is 3. The van der Waals surface area contributed by atoms with Crippen LogP contribution in [0.4, 0.5) is 0 Å². The van der Waals surface area contributed by atoms with Gasteiger partial charge in [-0.05, 0) is 64.9 Å². The Hall–Kier alpha value is -1.16. The molecule has 0 radical (unpaired) electrons. The molecule has 2 aromatic carbocycles. The summed E-state index contributed by atoms with van der Waals surface area (Å²) in [7, 11) is -3.68. The van der Waals surface area contributed by atoms with E-state index >= 15 is 0 Å². The molecule has 2 rings (SSSR count). The third kappa shape index (κ3) is 5.17. The zero-order valence-corrected chi connectivity index (χ0v) is 15.7. The Balaban J connectivity index is 1.93. The maximum atomic E-state index is 12.1. The molecule has 23 heavy (non-hydrogen) atoms. The number of nitrogens with one attached hydrogen (secondary N) is 1. The van der Waals surface area contributed by atoms with Gasteiger partial charge in [-0.15, -0.1) is 0 Å². The fourth-order valence-electron chi connectivity index (χ4n) is 1.94. The first-order chi connectivity index (χ1) is 10.8. The van der Waals surface area contributed by atoms with Gasteiger partial charge < -0.3 is 5.32 Å². The number of carbonyl (C=O) groups is 1. The minimum atomic E-state index is -3.68. The Morgan fingerprint density at radius 2 is 1.83 bits per heavy atom. The second-order valence-electron chi connectivity index (χ2n) is 4.82. The van der Waals surface area contributed by atoms with Gasteiger partial charge in [-0.25, -0.2) is 13.6 Å². The van der Waals surface area contributed by atoms with E-state index in [2.05, 4.69) is 27.9 Å². The monoisotopic (exact) mass is 464 g/mol. The van der Waals surface area contributed by atoms with Gasteiger partial charge in [0.05, 0.1) is 10.5 Å². The molecule has 0 fully saturated rings. The van der Waals surface area contributed by atoms with E-state index in [1.165, 1.54) is 12.1 Å². The lowest BCUT2D eigenvalue weighted by atomic mass is 10.1. The zero-order chi connectivity index (χ0) is 17.0. The molecular formula is C15H14ClIN2O3S. The van der Waals surface area contributed by atoms with Crippen molar-refractivity contribution in [2.75, 3.05) is 6.54 Å². The average molecular weight is 465 g/mol. The molecule has 0 aliphatic heterocycles. The highest BCUT2D eigenvalue weighted by molar-refractivity contribution is 14.1. The van der Waals surface area contributed by atoms with Crippen molar-refractivity contribution < 1.29 is 13.2 Å².